The second kappa shape index (κ2) is 8.39. The van der Waals surface area contributed by atoms with Crippen LogP contribution >= 0.6 is 0 Å². The molecule has 1 heterocycles. The zero-order chi connectivity index (χ0) is 27.0. The molecule has 192 valence electrons. The molecule has 2 aromatic rings. The number of aryl methyl sites for hydroxylation is 1. The Morgan fingerprint density at radius 2 is 1.84 bits per heavy atom. The Balaban J connectivity index is 1.67. The molecule has 10 nitrogen and oxygen atoms in total. The van der Waals surface area contributed by atoms with E-state index in [4.69, 9.17) is 5.73 Å². The minimum absolute atomic E-state index is 0.000236. The summed E-state index contributed by atoms with van der Waals surface area (Å²) < 4.78 is 0. The predicted octanol–water partition coefficient (Wildman–Crippen LogP) is 0.237. The highest BCUT2D eigenvalue weighted by Crippen LogP contribution is 2.51. The normalized spacial score (nSPS) is 31.1. The van der Waals surface area contributed by atoms with Gasteiger partial charge in [-0.3, -0.25) is 33.9 Å². The molecule has 2 fully saturated rings. The van der Waals surface area contributed by atoms with Gasteiger partial charge in [0.15, 0.2) is 34.7 Å². The lowest BCUT2D eigenvalue weighted by molar-refractivity contribution is -0.181. The summed E-state index contributed by atoms with van der Waals surface area (Å²) in [6.07, 6.45) is 1.82. The van der Waals surface area contributed by atoms with Crippen LogP contribution in [0.1, 0.15) is 27.9 Å². The summed E-state index contributed by atoms with van der Waals surface area (Å²) in [5, 5.41) is 22.3. The number of carbonyl (C=O) groups excluding carboxylic acids is 5. The maximum Gasteiger partial charge on any atom is 0.235 e. The maximum atomic E-state index is 13.8. The number of nitrogens with two attached hydrogens (primary N) is 1. The number of Topliss-reactive ketones (excluding diaryl/α,β-unsaturated/α-hetero) is 4. The van der Waals surface area contributed by atoms with Crippen LogP contribution in [0, 0.1) is 30.6 Å². The molecule has 0 bridgehead atoms. The third-order valence-corrected chi connectivity index (χ3v) is 8.14. The van der Waals surface area contributed by atoms with Gasteiger partial charge in [0.05, 0.1) is 23.2 Å². The van der Waals surface area contributed by atoms with Crippen LogP contribution in [0.25, 0.3) is 11.3 Å². The number of primary amides is 1. The van der Waals surface area contributed by atoms with E-state index in [1.807, 2.05) is 19.1 Å². The van der Waals surface area contributed by atoms with Gasteiger partial charge < -0.3 is 15.9 Å². The number of pyridine rings is 1. The molecule has 4 N–H and O–H groups in total. The predicted molar refractivity (Wildman–Crippen MR) is 129 cm³/mol. The number of aliphatic hydroxyl groups is 1. The lowest BCUT2D eigenvalue weighted by Crippen LogP contribution is -2.74. The zero-order valence-corrected chi connectivity index (χ0v) is 20.6. The van der Waals surface area contributed by atoms with Gasteiger partial charge in [-0.15, -0.1) is 0 Å². The smallest absolute Gasteiger partial charge is 0.235 e. The maximum absolute atomic E-state index is 13.8. The van der Waals surface area contributed by atoms with Crippen LogP contribution < -0.4 is 5.73 Å². The van der Waals surface area contributed by atoms with E-state index >= 15 is 0 Å². The van der Waals surface area contributed by atoms with Crippen LogP contribution in [0.2, 0.25) is 0 Å². The molecule has 0 aliphatic heterocycles. The van der Waals surface area contributed by atoms with Crippen molar-refractivity contribution in [3.8, 4) is 17.0 Å². The summed E-state index contributed by atoms with van der Waals surface area (Å²) in [6.45, 7) is 1.90. The molecule has 37 heavy (non-hydrogen) atoms. The molecule has 10 heteroatoms. The van der Waals surface area contributed by atoms with E-state index in [-0.39, 0.29) is 24.2 Å². The van der Waals surface area contributed by atoms with E-state index in [0.29, 0.717) is 16.8 Å². The molecule has 2 saturated carbocycles. The van der Waals surface area contributed by atoms with Crippen LogP contribution in [0.3, 0.4) is 0 Å². The lowest BCUT2D eigenvalue weighted by Gasteiger charge is -2.52. The number of nitrogens with zero attached hydrogens (tertiary/aromatic N) is 2. The van der Waals surface area contributed by atoms with Crippen LogP contribution in [-0.2, 0) is 25.6 Å². The van der Waals surface area contributed by atoms with E-state index in [9.17, 15) is 34.2 Å². The third-order valence-electron chi connectivity index (χ3n) is 8.14. The average Bonchev–Trinajstić information content (AvgIpc) is 2.81. The fraction of sp³-hybridized carbons (Fsp3) is 0.407. The number of phenols is 1. The van der Waals surface area contributed by atoms with Gasteiger partial charge in [-0.05, 0) is 75.2 Å². The largest absolute Gasteiger partial charge is 0.507 e. The number of hydrogen-bond donors (Lipinski definition) is 3. The van der Waals surface area contributed by atoms with E-state index in [1.165, 1.54) is 11.0 Å². The Hall–Kier alpha value is -3.76. The van der Waals surface area contributed by atoms with Crippen molar-refractivity contribution in [2.24, 2.45) is 29.4 Å². The number of carbonyl (C=O) groups is 5. The highest BCUT2D eigenvalue weighted by molar-refractivity contribution is 6.32. The fourth-order valence-corrected chi connectivity index (χ4v) is 6.53. The first kappa shape index (κ1) is 24.9. The molecule has 0 radical (unpaired) electrons. The molecule has 1 aromatic carbocycles. The first-order valence-electron chi connectivity index (χ1n) is 12.0. The van der Waals surface area contributed by atoms with Crippen molar-refractivity contribution in [1.82, 2.24) is 9.88 Å². The van der Waals surface area contributed by atoms with Gasteiger partial charge in [-0.2, -0.15) is 0 Å². The van der Waals surface area contributed by atoms with E-state index in [2.05, 4.69) is 4.98 Å². The van der Waals surface area contributed by atoms with Gasteiger partial charge in [-0.25, -0.2) is 0 Å². The van der Waals surface area contributed by atoms with Gasteiger partial charge in [0.2, 0.25) is 5.91 Å². The van der Waals surface area contributed by atoms with E-state index < -0.39 is 64.4 Å². The molecule has 3 aliphatic carbocycles. The van der Waals surface area contributed by atoms with Crippen LogP contribution in [0.15, 0.2) is 30.5 Å². The Morgan fingerprint density at radius 1 is 1.14 bits per heavy atom. The second-order valence-corrected chi connectivity index (χ2v) is 10.5. The summed E-state index contributed by atoms with van der Waals surface area (Å²) in [5.74, 6) is -10.6. The molecule has 5 rings (SSSR count). The van der Waals surface area contributed by atoms with Crippen LogP contribution in [0.5, 0.6) is 5.75 Å². The van der Waals surface area contributed by atoms with Gasteiger partial charge in [0.25, 0.3) is 0 Å². The molecule has 2 unspecified atom stereocenters. The topological polar surface area (TPSA) is 168 Å². The lowest BCUT2D eigenvalue weighted by atomic mass is 9.52. The number of aromatic hydroxyl groups is 1. The van der Waals surface area contributed by atoms with E-state index in [0.717, 1.165) is 5.56 Å². The Bertz CT molecular complexity index is 1400. The summed E-state index contributed by atoms with van der Waals surface area (Å²) >= 11 is 0. The minimum Gasteiger partial charge on any atom is -0.507 e. The quantitative estimate of drug-likeness (QED) is 0.495. The first-order chi connectivity index (χ1) is 17.4. The summed E-state index contributed by atoms with van der Waals surface area (Å²) in [7, 11) is 3.10. The van der Waals surface area contributed by atoms with Gasteiger partial charge in [0, 0.05) is 17.7 Å². The minimum atomic E-state index is -2.73. The van der Waals surface area contributed by atoms with Crippen molar-refractivity contribution >= 4 is 29.0 Å². The van der Waals surface area contributed by atoms with Crippen molar-refractivity contribution in [3.63, 3.8) is 0 Å². The monoisotopic (exact) mass is 505 g/mol. The second-order valence-electron chi connectivity index (χ2n) is 10.5. The Morgan fingerprint density at radius 3 is 2.46 bits per heavy atom. The van der Waals surface area contributed by atoms with Crippen molar-refractivity contribution in [2.45, 2.75) is 31.4 Å². The van der Waals surface area contributed by atoms with Crippen LogP contribution in [-0.4, -0.2) is 74.9 Å². The highest BCUT2D eigenvalue weighted by Gasteiger charge is 2.69. The molecule has 1 aromatic heterocycles. The molecule has 3 aliphatic rings. The number of hydrogen-bond acceptors (Lipinski definition) is 9. The molecule has 0 saturated heterocycles. The Labute approximate surface area is 212 Å². The van der Waals surface area contributed by atoms with Crippen molar-refractivity contribution in [1.29, 1.82) is 0 Å². The van der Waals surface area contributed by atoms with E-state index in [1.54, 1.807) is 26.4 Å². The van der Waals surface area contributed by atoms with Crippen molar-refractivity contribution in [2.75, 3.05) is 14.1 Å². The molecule has 0 spiro atoms. The SMILES string of the molecule is Cc1ccnc(-c2ccc(O)c3c2C[C@H]2C[C@H]4[C@H](N(C)C)C(=O)C(C(N)=O)C(=O)[C@@]4(O)C(=O)C2C3=O)c1. The average molecular weight is 506 g/mol. The van der Waals surface area contributed by atoms with Gasteiger partial charge in [0.1, 0.15) is 5.75 Å². The zero-order valence-electron chi connectivity index (χ0n) is 20.6. The highest BCUT2D eigenvalue weighted by atomic mass is 16.3. The standard InChI is InChI=1S/C27H27N3O7/c1-11-6-7-29-16(8-11)13-4-5-17(31)19-14(13)9-12-10-15-21(30(2)3)23(33)20(26(28)36)25(35)27(15,37)24(34)18(12)22(19)32/h4-8,12,15,18,20-21,31,37H,9-10H2,1-3H3,(H2,28,36)/t12-,15-,18?,20?,21-,27-/m0/s1. The van der Waals surface area contributed by atoms with Crippen molar-refractivity contribution in [3.05, 3.63) is 47.2 Å². The third kappa shape index (κ3) is 3.39. The van der Waals surface area contributed by atoms with Gasteiger partial charge in [-0.1, -0.05) is 0 Å². The van der Waals surface area contributed by atoms with Gasteiger partial charge >= 0.3 is 0 Å². The summed E-state index contributed by atoms with van der Waals surface area (Å²) in [6, 6.07) is 5.56. The number of likely N-dealkylation sites (N-methyl/N-ethyl adjacent to an activating group) is 1. The fourth-order valence-electron chi connectivity index (χ4n) is 6.53. The molecular weight excluding hydrogens is 478 g/mol. The number of phenolic OH excluding ortho intramolecular Hbond substituents is 1. The summed E-state index contributed by atoms with van der Waals surface area (Å²) in [4.78, 5) is 72.0. The Kier molecular flexibility index (Phi) is 5.65. The molecule has 1 amide bonds. The number of ketones is 4. The number of aromatic nitrogens is 1. The summed E-state index contributed by atoms with van der Waals surface area (Å²) in [5.41, 5.74) is 5.24. The number of fused-ring (bicyclic) bond motifs is 3. The number of benzene rings is 1. The van der Waals surface area contributed by atoms with Crippen molar-refractivity contribution < 1.29 is 34.2 Å². The first-order valence-corrected chi connectivity index (χ1v) is 12.0. The number of amides is 1. The van der Waals surface area contributed by atoms with Crippen LogP contribution in [0.4, 0.5) is 0 Å². The molecular formula is C27H27N3O7. The molecule has 6 atom stereocenters. The number of rotatable bonds is 3.